The van der Waals surface area contributed by atoms with Crippen molar-refractivity contribution in [1.29, 1.82) is 0 Å². The van der Waals surface area contributed by atoms with Gasteiger partial charge in [-0.15, -0.1) is 0 Å². The second-order valence-electron chi connectivity index (χ2n) is 10.9. The van der Waals surface area contributed by atoms with E-state index in [1.54, 1.807) is 4.57 Å². The predicted octanol–water partition coefficient (Wildman–Crippen LogP) is 6.07. The Labute approximate surface area is 237 Å². The first-order chi connectivity index (χ1) is 19.2. The van der Waals surface area contributed by atoms with Crippen LogP contribution < -0.4 is 11.3 Å². The Hall–Kier alpha value is -4.03. The molecule has 0 spiro atoms. The molecule has 0 saturated carbocycles. The predicted molar refractivity (Wildman–Crippen MR) is 162 cm³/mol. The molecule has 1 atom stereocenters. The lowest BCUT2D eigenvalue weighted by molar-refractivity contribution is 0.0602. The number of carbonyl (C=O) groups excluding carboxylic acids is 1. The molecule has 0 aliphatic heterocycles. The zero-order chi connectivity index (χ0) is 28.8. The largest absolute Gasteiger partial charge is 0.330 e. The maximum atomic E-state index is 14.3. The Kier molecular flexibility index (Phi) is 9.33. The van der Waals surface area contributed by atoms with E-state index in [9.17, 15) is 9.59 Å². The SMILES string of the molecule is Cc1ccc(C(=O)N(CCCN)C(c2nc(C)c(-c3ccc(C)cc3)c(=O)n2Cc2ccccc2)C(C)C)cc1. The van der Waals surface area contributed by atoms with Crippen LogP contribution in [0.4, 0.5) is 0 Å². The van der Waals surface area contributed by atoms with E-state index < -0.39 is 6.04 Å². The molecule has 0 fully saturated rings. The van der Waals surface area contributed by atoms with Crippen LogP contribution in [0.2, 0.25) is 0 Å². The van der Waals surface area contributed by atoms with Crippen molar-refractivity contribution in [2.24, 2.45) is 11.7 Å². The summed E-state index contributed by atoms with van der Waals surface area (Å²) >= 11 is 0. The Balaban J connectivity index is 1.93. The van der Waals surface area contributed by atoms with E-state index in [-0.39, 0.29) is 17.4 Å². The number of nitrogens with zero attached hydrogens (tertiary/aromatic N) is 3. The summed E-state index contributed by atoms with van der Waals surface area (Å²) in [7, 11) is 0. The van der Waals surface area contributed by atoms with Crippen molar-refractivity contribution in [3.63, 3.8) is 0 Å². The summed E-state index contributed by atoms with van der Waals surface area (Å²) in [4.78, 5) is 35.3. The van der Waals surface area contributed by atoms with Crippen LogP contribution in [0.25, 0.3) is 11.1 Å². The van der Waals surface area contributed by atoms with Gasteiger partial charge in [0.2, 0.25) is 0 Å². The van der Waals surface area contributed by atoms with Crippen LogP contribution in [0.3, 0.4) is 0 Å². The molecule has 3 aromatic carbocycles. The van der Waals surface area contributed by atoms with Crippen LogP contribution in [-0.2, 0) is 6.54 Å². The number of aromatic nitrogens is 2. The molecule has 0 saturated heterocycles. The minimum atomic E-state index is -0.428. The fourth-order valence-corrected chi connectivity index (χ4v) is 5.17. The molecule has 0 aliphatic rings. The fraction of sp³-hybridized carbons (Fsp3) is 0.324. The van der Waals surface area contributed by atoms with Gasteiger partial charge in [-0.05, 0) is 62.9 Å². The van der Waals surface area contributed by atoms with E-state index >= 15 is 0 Å². The summed E-state index contributed by atoms with van der Waals surface area (Å²) in [6.45, 7) is 11.3. The second kappa shape index (κ2) is 12.9. The van der Waals surface area contributed by atoms with Crippen molar-refractivity contribution < 1.29 is 4.79 Å². The summed E-state index contributed by atoms with van der Waals surface area (Å²) in [6, 6.07) is 25.1. The van der Waals surface area contributed by atoms with Gasteiger partial charge in [-0.3, -0.25) is 14.2 Å². The first kappa shape index (κ1) is 29.0. The highest BCUT2D eigenvalue weighted by Gasteiger charge is 2.33. The molecule has 1 unspecified atom stereocenters. The highest BCUT2D eigenvalue weighted by Crippen LogP contribution is 2.31. The highest BCUT2D eigenvalue weighted by molar-refractivity contribution is 5.94. The number of carbonyl (C=O) groups is 1. The summed E-state index contributed by atoms with van der Waals surface area (Å²) in [5.41, 5.74) is 11.7. The number of hydrogen-bond acceptors (Lipinski definition) is 4. The summed E-state index contributed by atoms with van der Waals surface area (Å²) in [5, 5.41) is 0. The van der Waals surface area contributed by atoms with Crippen LogP contribution in [-0.4, -0.2) is 33.4 Å². The van der Waals surface area contributed by atoms with Crippen LogP contribution in [0.15, 0.2) is 83.7 Å². The van der Waals surface area contributed by atoms with Crippen LogP contribution in [0.1, 0.15) is 64.9 Å². The van der Waals surface area contributed by atoms with Gasteiger partial charge in [-0.1, -0.05) is 91.7 Å². The molecule has 4 aromatic rings. The molecule has 1 heterocycles. The number of nitrogens with two attached hydrogens (primary N) is 1. The van der Waals surface area contributed by atoms with Gasteiger partial charge < -0.3 is 10.6 Å². The van der Waals surface area contributed by atoms with Crippen LogP contribution in [0, 0.1) is 26.7 Å². The number of benzene rings is 3. The Bertz CT molecular complexity index is 1490. The average Bonchev–Trinajstić information content (AvgIpc) is 2.94. The van der Waals surface area contributed by atoms with Crippen LogP contribution >= 0.6 is 0 Å². The molecule has 208 valence electrons. The molecule has 2 N–H and O–H groups in total. The summed E-state index contributed by atoms with van der Waals surface area (Å²) in [5.74, 6) is 0.494. The summed E-state index contributed by atoms with van der Waals surface area (Å²) in [6.07, 6.45) is 0.643. The van der Waals surface area contributed by atoms with Crippen molar-refractivity contribution in [2.75, 3.05) is 13.1 Å². The molecule has 1 aromatic heterocycles. The first-order valence-corrected chi connectivity index (χ1v) is 14.0. The summed E-state index contributed by atoms with van der Waals surface area (Å²) < 4.78 is 1.76. The van der Waals surface area contributed by atoms with E-state index in [2.05, 4.69) is 13.8 Å². The Morgan fingerprint density at radius 1 is 0.900 bits per heavy atom. The number of amides is 1. The minimum absolute atomic E-state index is 0.00859. The van der Waals surface area contributed by atoms with E-state index in [4.69, 9.17) is 10.7 Å². The minimum Gasteiger partial charge on any atom is -0.330 e. The third-order valence-corrected chi connectivity index (χ3v) is 7.30. The van der Waals surface area contributed by atoms with E-state index in [0.29, 0.717) is 48.7 Å². The maximum absolute atomic E-state index is 14.3. The molecule has 0 aliphatic carbocycles. The number of hydrogen-bond donors (Lipinski definition) is 1. The van der Waals surface area contributed by atoms with Gasteiger partial charge in [0.1, 0.15) is 5.82 Å². The molecule has 0 radical (unpaired) electrons. The van der Waals surface area contributed by atoms with Gasteiger partial charge in [0.05, 0.1) is 23.8 Å². The van der Waals surface area contributed by atoms with Gasteiger partial charge in [0.15, 0.2) is 0 Å². The third-order valence-electron chi connectivity index (χ3n) is 7.30. The van der Waals surface area contributed by atoms with Crippen molar-refractivity contribution >= 4 is 5.91 Å². The van der Waals surface area contributed by atoms with E-state index in [1.807, 2.05) is 105 Å². The van der Waals surface area contributed by atoms with Crippen molar-refractivity contribution in [3.8, 4) is 11.1 Å². The van der Waals surface area contributed by atoms with Gasteiger partial charge in [0, 0.05) is 12.1 Å². The molecular formula is C34H40N4O2. The quantitative estimate of drug-likeness (QED) is 0.267. The van der Waals surface area contributed by atoms with Crippen LogP contribution in [0.5, 0.6) is 0 Å². The zero-order valence-electron chi connectivity index (χ0n) is 24.2. The molecular weight excluding hydrogens is 496 g/mol. The molecule has 6 heteroatoms. The van der Waals surface area contributed by atoms with E-state index in [0.717, 1.165) is 22.3 Å². The normalized spacial score (nSPS) is 12.0. The molecule has 1 amide bonds. The lowest BCUT2D eigenvalue weighted by Gasteiger charge is -2.36. The molecule has 6 nitrogen and oxygen atoms in total. The number of rotatable bonds is 10. The monoisotopic (exact) mass is 536 g/mol. The maximum Gasteiger partial charge on any atom is 0.262 e. The molecule has 0 bridgehead atoms. The first-order valence-electron chi connectivity index (χ1n) is 14.0. The van der Waals surface area contributed by atoms with Gasteiger partial charge in [-0.25, -0.2) is 4.98 Å². The molecule has 40 heavy (non-hydrogen) atoms. The van der Waals surface area contributed by atoms with E-state index in [1.165, 1.54) is 0 Å². The average molecular weight is 537 g/mol. The zero-order valence-corrected chi connectivity index (χ0v) is 24.2. The lowest BCUT2D eigenvalue weighted by Crippen LogP contribution is -2.42. The number of aryl methyl sites for hydroxylation is 3. The van der Waals surface area contributed by atoms with Crippen molar-refractivity contribution in [2.45, 2.75) is 53.6 Å². The Morgan fingerprint density at radius 2 is 1.50 bits per heavy atom. The van der Waals surface area contributed by atoms with Gasteiger partial charge >= 0.3 is 0 Å². The van der Waals surface area contributed by atoms with Gasteiger partial charge in [0.25, 0.3) is 11.5 Å². The topological polar surface area (TPSA) is 81.2 Å². The standard InChI is InChI=1S/C34H40N4O2/c1-23(2)31(37(21-9-20-35)33(39)29-18-14-25(4)15-19-29)32-36-26(5)30(28-16-12-24(3)13-17-28)34(40)38(32)22-27-10-7-6-8-11-27/h6-8,10-19,23,31H,9,20-22,35H2,1-5H3. The van der Waals surface area contributed by atoms with Crippen molar-refractivity contribution in [3.05, 3.63) is 123 Å². The van der Waals surface area contributed by atoms with Gasteiger partial charge in [-0.2, -0.15) is 0 Å². The lowest BCUT2D eigenvalue weighted by atomic mass is 9.97. The highest BCUT2D eigenvalue weighted by atomic mass is 16.2. The molecule has 4 rings (SSSR count). The fourth-order valence-electron chi connectivity index (χ4n) is 5.17. The Morgan fingerprint density at radius 3 is 2.08 bits per heavy atom. The second-order valence-corrected chi connectivity index (χ2v) is 10.9. The smallest absolute Gasteiger partial charge is 0.262 e. The van der Waals surface area contributed by atoms with Crippen molar-refractivity contribution in [1.82, 2.24) is 14.5 Å². The third kappa shape index (κ3) is 6.40.